The summed E-state index contributed by atoms with van der Waals surface area (Å²) in [6.07, 6.45) is 0.432. The molecule has 0 aliphatic carbocycles. The number of fused-ring (bicyclic) bond motifs is 3. The van der Waals surface area contributed by atoms with Gasteiger partial charge in [-0.2, -0.15) is 5.10 Å². The first-order valence-electron chi connectivity index (χ1n) is 10.4. The van der Waals surface area contributed by atoms with Gasteiger partial charge >= 0.3 is 0 Å². The Labute approximate surface area is 189 Å². The molecule has 166 valence electrons. The number of hydrogen-bond acceptors (Lipinski definition) is 6. The summed E-state index contributed by atoms with van der Waals surface area (Å²) >= 11 is 1.55. The first-order valence-corrected chi connectivity index (χ1v) is 11.2. The lowest BCUT2D eigenvalue weighted by atomic mass is 10.1. The van der Waals surface area contributed by atoms with Crippen LogP contribution in [0.5, 0.6) is 11.5 Å². The van der Waals surface area contributed by atoms with E-state index >= 15 is 0 Å². The number of carbonyl (C=O) groups is 1. The third-order valence-corrected chi connectivity index (χ3v) is 6.81. The molecule has 32 heavy (non-hydrogen) atoms. The first-order chi connectivity index (χ1) is 15.5. The average molecular weight is 452 g/mol. The van der Waals surface area contributed by atoms with Crippen LogP contribution in [0.4, 0.5) is 0 Å². The Morgan fingerprint density at radius 2 is 1.97 bits per heavy atom. The monoisotopic (exact) mass is 451 g/mol. The molecule has 0 fully saturated rings. The minimum atomic E-state index is -0.721. The van der Waals surface area contributed by atoms with Gasteiger partial charge in [-0.1, -0.05) is 25.1 Å². The van der Waals surface area contributed by atoms with E-state index in [0.717, 1.165) is 26.0 Å². The fourth-order valence-electron chi connectivity index (χ4n) is 3.88. The summed E-state index contributed by atoms with van der Waals surface area (Å²) in [7, 11) is 3.16. The van der Waals surface area contributed by atoms with Gasteiger partial charge in [0.05, 0.1) is 30.0 Å². The predicted molar refractivity (Wildman–Crippen MR) is 127 cm³/mol. The normalized spacial score (nSPS) is 12.1. The Hall–Kier alpha value is -3.39. The van der Waals surface area contributed by atoms with Crippen molar-refractivity contribution >= 4 is 37.4 Å². The topological polar surface area (TPSA) is 82.4 Å². The van der Waals surface area contributed by atoms with Gasteiger partial charge in [0.15, 0.2) is 0 Å². The Bertz CT molecular complexity index is 1360. The van der Waals surface area contributed by atoms with E-state index in [0.29, 0.717) is 23.3 Å². The number of nitrogens with zero attached hydrogens (tertiary/aromatic N) is 2. The van der Waals surface area contributed by atoms with Crippen LogP contribution < -0.4 is 20.3 Å². The first kappa shape index (κ1) is 21.8. The number of methoxy groups -OCH3 is 2. The zero-order valence-electron chi connectivity index (χ0n) is 18.5. The Balaban J connectivity index is 1.68. The van der Waals surface area contributed by atoms with Gasteiger partial charge in [-0.15, -0.1) is 11.3 Å². The van der Waals surface area contributed by atoms with Crippen molar-refractivity contribution < 1.29 is 14.3 Å². The van der Waals surface area contributed by atoms with E-state index in [1.165, 1.54) is 4.68 Å². The van der Waals surface area contributed by atoms with Crippen molar-refractivity contribution in [2.24, 2.45) is 0 Å². The van der Waals surface area contributed by atoms with Crippen LogP contribution in [-0.4, -0.2) is 29.9 Å². The maximum absolute atomic E-state index is 13.4. The van der Waals surface area contributed by atoms with Gasteiger partial charge in [0, 0.05) is 22.2 Å². The summed E-state index contributed by atoms with van der Waals surface area (Å²) < 4.78 is 13.9. The molecule has 1 atom stereocenters. The van der Waals surface area contributed by atoms with Crippen molar-refractivity contribution in [3.05, 3.63) is 64.1 Å². The third-order valence-electron chi connectivity index (χ3n) is 5.53. The molecule has 1 amide bonds. The van der Waals surface area contributed by atoms with Crippen molar-refractivity contribution in [2.45, 2.75) is 32.9 Å². The van der Waals surface area contributed by atoms with E-state index in [4.69, 9.17) is 9.47 Å². The summed E-state index contributed by atoms with van der Waals surface area (Å²) in [5.74, 6) is 1.05. The van der Waals surface area contributed by atoms with E-state index in [1.54, 1.807) is 37.7 Å². The molecule has 0 unspecified atom stereocenters. The van der Waals surface area contributed by atoms with Crippen molar-refractivity contribution in [3.63, 3.8) is 0 Å². The molecule has 4 rings (SSSR count). The number of rotatable bonds is 7. The molecule has 1 N–H and O–H groups in total. The zero-order valence-corrected chi connectivity index (χ0v) is 19.3. The fourth-order valence-corrected chi connectivity index (χ4v) is 5.01. The third kappa shape index (κ3) is 3.82. The second kappa shape index (κ2) is 9.00. The van der Waals surface area contributed by atoms with Gasteiger partial charge in [-0.3, -0.25) is 9.59 Å². The van der Waals surface area contributed by atoms with Gasteiger partial charge in [0.1, 0.15) is 17.5 Å². The zero-order chi connectivity index (χ0) is 22.8. The Morgan fingerprint density at radius 1 is 1.19 bits per heavy atom. The minimum Gasteiger partial charge on any atom is -0.497 e. The molecule has 0 saturated heterocycles. The molecular weight excluding hydrogens is 426 g/mol. The van der Waals surface area contributed by atoms with E-state index in [1.807, 2.05) is 44.2 Å². The van der Waals surface area contributed by atoms with Crippen LogP contribution in [0.3, 0.4) is 0 Å². The summed E-state index contributed by atoms with van der Waals surface area (Å²) in [5, 5.41) is 8.96. The summed E-state index contributed by atoms with van der Waals surface area (Å²) in [6, 6.07) is 12.5. The molecule has 8 heteroatoms. The molecule has 0 spiro atoms. The second-order valence-corrected chi connectivity index (χ2v) is 8.51. The van der Waals surface area contributed by atoms with Gasteiger partial charge in [0.25, 0.3) is 5.56 Å². The Kier molecular flexibility index (Phi) is 6.14. The maximum atomic E-state index is 13.4. The quantitative estimate of drug-likeness (QED) is 0.455. The number of hydrogen-bond donors (Lipinski definition) is 1. The molecule has 2 aromatic carbocycles. The molecule has 0 radical (unpaired) electrons. The van der Waals surface area contributed by atoms with Gasteiger partial charge in [0.2, 0.25) is 5.91 Å². The van der Waals surface area contributed by atoms with Crippen molar-refractivity contribution in [2.75, 3.05) is 14.2 Å². The van der Waals surface area contributed by atoms with E-state index in [9.17, 15) is 9.59 Å². The molecule has 2 aromatic heterocycles. The average Bonchev–Trinajstić information content (AvgIpc) is 3.21. The number of nitrogens with one attached hydrogen (secondary N) is 1. The van der Waals surface area contributed by atoms with E-state index < -0.39 is 6.04 Å². The summed E-state index contributed by atoms with van der Waals surface area (Å²) in [6.45, 7) is 3.99. The van der Waals surface area contributed by atoms with Gasteiger partial charge < -0.3 is 14.8 Å². The molecule has 0 bridgehead atoms. The fraction of sp³-hybridized carbons (Fsp3) is 0.292. The van der Waals surface area contributed by atoms with E-state index in [-0.39, 0.29) is 18.0 Å². The maximum Gasteiger partial charge on any atom is 0.276 e. The number of benzene rings is 2. The number of thiophene rings is 1. The number of ether oxygens (including phenoxy) is 2. The number of aromatic nitrogens is 2. The smallest absolute Gasteiger partial charge is 0.276 e. The van der Waals surface area contributed by atoms with Crippen LogP contribution in [0.2, 0.25) is 0 Å². The van der Waals surface area contributed by atoms with Crippen molar-refractivity contribution in [1.29, 1.82) is 0 Å². The van der Waals surface area contributed by atoms with Crippen LogP contribution in [0.25, 0.3) is 20.2 Å². The highest BCUT2D eigenvalue weighted by atomic mass is 32.1. The lowest BCUT2D eigenvalue weighted by molar-refractivity contribution is -0.125. The van der Waals surface area contributed by atoms with E-state index in [2.05, 4.69) is 10.4 Å². The SMILES string of the molecule is CC[C@H](C(=O)NCc1cc(OC)ccc1OC)n1nc(C)c2sc3ccccc3c2c1=O. The molecular formula is C24H25N3O4S. The van der Waals surface area contributed by atoms with Crippen LogP contribution in [-0.2, 0) is 11.3 Å². The standard InChI is InChI=1S/C24H25N3O4S/c1-5-18(23(28)25-13-15-12-16(30-3)10-11-19(15)31-4)27-24(29)21-17-8-6-7-9-20(17)32-22(21)14(2)26-27/h6-12,18H,5,13H2,1-4H3,(H,25,28)/t18-/m1/s1. The predicted octanol–water partition coefficient (Wildman–Crippen LogP) is 4.20. The number of amides is 1. The Morgan fingerprint density at radius 3 is 2.69 bits per heavy atom. The molecule has 0 aliphatic heterocycles. The summed E-state index contributed by atoms with van der Waals surface area (Å²) in [5.41, 5.74) is 1.27. The highest BCUT2D eigenvalue weighted by Crippen LogP contribution is 2.33. The van der Waals surface area contributed by atoms with Crippen molar-refractivity contribution in [3.8, 4) is 11.5 Å². The molecule has 4 aromatic rings. The van der Waals surface area contributed by atoms with Crippen LogP contribution in [0.1, 0.15) is 30.6 Å². The van der Waals surface area contributed by atoms with Crippen LogP contribution >= 0.6 is 11.3 Å². The molecule has 2 heterocycles. The lowest BCUT2D eigenvalue weighted by Gasteiger charge is -2.18. The highest BCUT2D eigenvalue weighted by molar-refractivity contribution is 7.26. The lowest BCUT2D eigenvalue weighted by Crippen LogP contribution is -2.38. The number of carbonyl (C=O) groups excluding carboxylic acids is 1. The largest absolute Gasteiger partial charge is 0.497 e. The molecule has 0 saturated carbocycles. The van der Waals surface area contributed by atoms with Crippen LogP contribution in [0.15, 0.2) is 47.3 Å². The van der Waals surface area contributed by atoms with Crippen molar-refractivity contribution in [1.82, 2.24) is 15.1 Å². The van der Waals surface area contributed by atoms with Crippen LogP contribution in [0, 0.1) is 6.92 Å². The van der Waals surface area contributed by atoms with Gasteiger partial charge in [-0.05, 0) is 37.6 Å². The number of aryl methyl sites for hydroxylation is 1. The highest BCUT2D eigenvalue weighted by Gasteiger charge is 2.24. The second-order valence-electron chi connectivity index (χ2n) is 7.46. The summed E-state index contributed by atoms with van der Waals surface area (Å²) in [4.78, 5) is 26.5. The minimum absolute atomic E-state index is 0.243. The molecule has 7 nitrogen and oxygen atoms in total. The molecule has 0 aliphatic rings. The van der Waals surface area contributed by atoms with Gasteiger partial charge in [-0.25, -0.2) is 4.68 Å².